The van der Waals surface area contributed by atoms with E-state index in [1.807, 2.05) is 133 Å². The molecule has 0 saturated heterocycles. The Balaban J connectivity index is 0.704. The first-order chi connectivity index (χ1) is 56.7. The maximum atomic E-state index is 15.1. The van der Waals surface area contributed by atoms with Gasteiger partial charge in [-0.2, -0.15) is 0 Å². The van der Waals surface area contributed by atoms with Gasteiger partial charge in [-0.15, -0.1) is 0 Å². The summed E-state index contributed by atoms with van der Waals surface area (Å²) in [6, 6.07) is 97.6. The molecule has 115 heavy (non-hydrogen) atoms. The van der Waals surface area contributed by atoms with Gasteiger partial charge in [-0.25, -0.2) is 24.9 Å². The van der Waals surface area contributed by atoms with Crippen LogP contribution in [-0.4, -0.2) is 63.3 Å². The molecule has 19 rings (SSSR count). The van der Waals surface area contributed by atoms with Crippen LogP contribution in [0.15, 0.2) is 291 Å². The fourth-order valence-corrected chi connectivity index (χ4v) is 15.9. The molecule has 0 saturated carbocycles. The quantitative estimate of drug-likeness (QED) is 0.0457. The molecule has 4 aliphatic heterocycles. The van der Waals surface area contributed by atoms with Gasteiger partial charge in [-0.3, -0.25) is 9.59 Å². The van der Waals surface area contributed by atoms with Crippen LogP contribution in [-0.2, 0) is 0 Å². The Kier molecular flexibility index (Phi) is 18.9. The van der Waals surface area contributed by atoms with Gasteiger partial charge in [0.2, 0.25) is 0 Å². The second kappa shape index (κ2) is 31.0. The molecule has 7 aromatic heterocycles. The molecular weight excluding hydrogens is 1420 g/mol. The number of rotatable bonds is 18. The largest absolute Gasteiger partial charge is 0.493 e. The van der Waals surface area contributed by atoms with Crippen LogP contribution in [0.5, 0.6) is 5.75 Å². The van der Waals surface area contributed by atoms with Gasteiger partial charge in [0.05, 0.1) is 52.2 Å². The summed E-state index contributed by atoms with van der Waals surface area (Å²) < 4.78 is 6.43. The Hall–Kier alpha value is -15.2. The summed E-state index contributed by atoms with van der Waals surface area (Å²) in [5.41, 5.74) is 28.8. The van der Waals surface area contributed by atoms with E-state index in [1.54, 1.807) is 12.1 Å². The predicted octanol–water partition coefficient (Wildman–Crippen LogP) is 24.8. The number of unbranched alkanes of at least 4 members (excludes halogenated alkanes) is 3. The molecule has 11 heterocycles. The Morgan fingerprint density at radius 2 is 0.513 bits per heavy atom. The van der Waals surface area contributed by atoms with Gasteiger partial charge in [-0.05, 0) is 172 Å². The van der Waals surface area contributed by atoms with E-state index >= 15 is 9.59 Å². The number of H-pyrrole nitrogens is 4. The van der Waals surface area contributed by atoms with Crippen molar-refractivity contribution in [3.63, 3.8) is 0 Å². The topological polar surface area (TPSA) is 195 Å². The van der Waals surface area contributed by atoms with Crippen LogP contribution in [0.2, 0.25) is 0 Å². The van der Waals surface area contributed by atoms with Gasteiger partial charge in [0, 0.05) is 112 Å². The lowest BCUT2D eigenvalue weighted by molar-refractivity contribution is 0.101. The lowest BCUT2D eigenvalue weighted by Crippen LogP contribution is -2.19. The Morgan fingerprint density at radius 1 is 0.270 bits per heavy atom. The summed E-state index contributed by atoms with van der Waals surface area (Å²) >= 11 is 0. The van der Waals surface area contributed by atoms with E-state index in [9.17, 15) is 0 Å². The third-order valence-corrected chi connectivity index (χ3v) is 21.2. The van der Waals surface area contributed by atoms with Gasteiger partial charge in [0.1, 0.15) is 17.1 Å². The smallest absolute Gasteiger partial charge is 0.274 e. The number of ether oxygens (including phenoxy) is 1. The number of carbonyl (C=O) groups is 2. The number of pyridine rings is 1. The minimum atomic E-state index is -0.544. The fraction of sp³-hybridized carbons (Fsp3) is 0.0594. The standard InChI is InChI=1S/C101H75N11O3/c1-2-3-4-23-58-115-73-61-90(100(113)102-71-40-24-38-69(59-71)98-86-54-50-82(108-86)94(65-30-15-7-16-31-65)78-46-42-74(104-78)92(63-26-11-5-12-27-63)75-43-47-79(105-75)95(66-32-17-8-18-33-66)83-51-55-87(98)109-83)112-91(62-73)101(114)103-72-41-25-39-70(60-72)99-88-56-52-84(110-88)96(67-34-19-9-20-35-67)80-48-44-76(106-80)93(64-28-13-6-14-29-64)77-45-49-81(107-77)97(68-36-21-10-22-37-68)85-53-57-89(99)111-85/h5-22,24-57,59-62,104,106,109,111H,2-4,23,58H2,1H3,(H,102,113)(H,103,114). The highest BCUT2D eigenvalue weighted by Gasteiger charge is 2.25. The molecule has 14 nitrogen and oxygen atoms in total. The van der Waals surface area contributed by atoms with Gasteiger partial charge < -0.3 is 35.3 Å². The molecular formula is C101H75N11O3. The van der Waals surface area contributed by atoms with E-state index in [-0.39, 0.29) is 11.4 Å². The fourth-order valence-electron chi connectivity index (χ4n) is 15.9. The van der Waals surface area contributed by atoms with E-state index in [4.69, 9.17) is 29.7 Å². The zero-order chi connectivity index (χ0) is 77.1. The van der Waals surface area contributed by atoms with E-state index in [2.05, 4.69) is 232 Å². The summed E-state index contributed by atoms with van der Waals surface area (Å²) in [5.74, 6) is -0.752. The summed E-state index contributed by atoms with van der Waals surface area (Å²) in [6.45, 7) is 2.54. The second-order valence-corrected chi connectivity index (χ2v) is 28.8. The summed E-state index contributed by atoms with van der Waals surface area (Å²) in [7, 11) is 0. The second-order valence-electron chi connectivity index (χ2n) is 28.8. The van der Waals surface area contributed by atoms with Crippen LogP contribution in [0.3, 0.4) is 0 Å². The number of benzene rings is 8. The van der Waals surface area contributed by atoms with Crippen molar-refractivity contribution in [3.05, 3.63) is 348 Å². The predicted molar refractivity (Wildman–Crippen MR) is 471 cm³/mol. The number of fused-ring (bicyclic) bond motifs is 16. The van der Waals surface area contributed by atoms with Crippen molar-refractivity contribution in [2.45, 2.75) is 32.6 Å². The third kappa shape index (κ3) is 14.2. The number of hydrogen-bond acceptors (Lipinski definition) is 8. The van der Waals surface area contributed by atoms with Crippen LogP contribution < -0.4 is 15.4 Å². The van der Waals surface area contributed by atoms with Crippen molar-refractivity contribution in [2.24, 2.45) is 0 Å². The van der Waals surface area contributed by atoms with Crippen LogP contribution in [0.1, 0.15) is 99.1 Å². The first-order valence-electron chi connectivity index (χ1n) is 38.9. The summed E-state index contributed by atoms with van der Waals surface area (Å²) in [6.07, 6.45) is 20.5. The molecule has 8 aromatic carbocycles. The molecule has 0 atom stereocenters. The molecule has 0 spiro atoms. The minimum absolute atomic E-state index is 0.0126. The molecule has 14 heteroatoms. The Labute approximate surface area is 663 Å². The number of nitrogens with zero attached hydrogens (tertiary/aromatic N) is 5. The first kappa shape index (κ1) is 70.2. The van der Waals surface area contributed by atoms with E-state index in [0.717, 1.165) is 193 Å². The van der Waals surface area contributed by atoms with Crippen molar-refractivity contribution in [1.82, 2.24) is 44.9 Å². The average Bonchev–Trinajstić information content (AvgIpc) is 1.62. The number of nitrogens with one attached hydrogen (secondary N) is 6. The molecule has 552 valence electrons. The highest BCUT2D eigenvalue weighted by atomic mass is 16.5. The number of carbonyl (C=O) groups excluding carboxylic acids is 2. The molecule has 0 aliphatic carbocycles. The molecule has 0 radical (unpaired) electrons. The first-order valence-corrected chi connectivity index (χ1v) is 38.9. The molecule has 15 aromatic rings. The van der Waals surface area contributed by atoms with Crippen molar-refractivity contribution >= 4 is 116 Å². The average molecular weight is 1490 g/mol. The number of anilines is 2. The highest BCUT2D eigenvalue weighted by molar-refractivity contribution is 6.09. The van der Waals surface area contributed by atoms with E-state index < -0.39 is 11.8 Å². The van der Waals surface area contributed by atoms with Gasteiger partial charge in [0.15, 0.2) is 0 Å². The van der Waals surface area contributed by atoms with Crippen LogP contribution in [0, 0.1) is 0 Å². The monoisotopic (exact) mass is 1490 g/mol. The molecule has 16 bridgehead atoms. The van der Waals surface area contributed by atoms with Crippen molar-refractivity contribution < 1.29 is 14.3 Å². The zero-order valence-electron chi connectivity index (χ0n) is 62.8. The number of aromatic nitrogens is 9. The number of amides is 2. The minimum Gasteiger partial charge on any atom is -0.493 e. The van der Waals surface area contributed by atoms with Crippen molar-refractivity contribution in [2.75, 3.05) is 17.2 Å². The lowest BCUT2D eigenvalue weighted by Gasteiger charge is -2.13. The molecule has 4 aliphatic rings. The van der Waals surface area contributed by atoms with Crippen LogP contribution in [0.25, 0.3) is 182 Å². The molecule has 0 unspecified atom stereocenters. The number of hydrogen-bond donors (Lipinski definition) is 6. The van der Waals surface area contributed by atoms with Crippen molar-refractivity contribution in [1.29, 1.82) is 0 Å². The van der Waals surface area contributed by atoms with E-state index in [1.165, 1.54) is 0 Å². The summed E-state index contributed by atoms with van der Waals surface area (Å²) in [5, 5.41) is 6.35. The number of aromatic amines is 4. The zero-order valence-corrected chi connectivity index (χ0v) is 62.8. The van der Waals surface area contributed by atoms with E-state index in [0.29, 0.717) is 35.1 Å². The lowest BCUT2D eigenvalue weighted by atomic mass is 10.0. The SMILES string of the molecule is CCCCCCOc1cc(C(=O)Nc2cccc(-c3c4nc(c(-c5ccccc5)c5ccc([nH]5)c(-c5ccccc5)c5nc(c(-c6ccccc6)c6ccc3[nH]6)C=C5)C=C4)c2)nc(C(=O)Nc2cccc(-c3c4nc(c(-c5ccccc5)c5ccc([nH]5)c(-c5ccccc5)c5nc(c(-c6ccccc6)c6ccc3[nH]6)C=C5)C=C4)c2)c1. The highest BCUT2D eigenvalue weighted by Crippen LogP contribution is 2.43. The van der Waals surface area contributed by atoms with Gasteiger partial charge >= 0.3 is 0 Å². The van der Waals surface area contributed by atoms with Crippen LogP contribution in [0.4, 0.5) is 11.4 Å². The molecule has 2 amide bonds. The maximum Gasteiger partial charge on any atom is 0.274 e. The summed E-state index contributed by atoms with van der Waals surface area (Å²) in [4.78, 5) is 72.5. The van der Waals surface area contributed by atoms with Crippen molar-refractivity contribution in [3.8, 4) is 94.8 Å². The van der Waals surface area contributed by atoms with Gasteiger partial charge in [-0.1, -0.05) is 232 Å². The normalized spacial score (nSPS) is 12.0. The maximum absolute atomic E-state index is 15.1. The molecule has 0 fully saturated rings. The third-order valence-electron chi connectivity index (χ3n) is 21.2. The van der Waals surface area contributed by atoms with Gasteiger partial charge in [0.25, 0.3) is 11.8 Å². The Bertz CT molecular complexity index is 6340. The molecule has 6 N–H and O–H groups in total. The van der Waals surface area contributed by atoms with Crippen LogP contribution >= 0.6 is 0 Å². The Morgan fingerprint density at radius 3 is 0.765 bits per heavy atom.